The molecule has 0 radical (unpaired) electrons. The highest BCUT2D eigenvalue weighted by Gasteiger charge is 2.45. The standard InChI is InChI=1S/C55H101N5O24/c1-34-45(69)48(72)37(28-61)82-51(34)78-21-8-17-57-41(65)14-25-75-31-55(60-44(68)13-7-12-40(64)56-20-11-24-81-54(4,5)6,32-76-26-15-42(66)58-18-9-22-79-52-35(2)46(70)49(73)38(29-62)83-52)33-77-27-16-43(67)59-19-10-23-80-53-36(3)47(71)50(74)39(30-63)84-53/h34-39,45-53,61-63,69-74H,7-33H2,1-6H3,(H,56,64)(H,57,65)(H,58,66)(H,59,67)(H,60,68)/t34?,35?,36?,37?,38?,39?,45-,46-,47-,48+,49+,50+,51-,52-,53-,55?/m1/s1. The zero-order valence-electron chi connectivity index (χ0n) is 49.9. The van der Waals surface area contributed by atoms with Gasteiger partial charge in [0.1, 0.15) is 42.2 Å². The maximum atomic E-state index is 13.7. The first-order valence-electron chi connectivity index (χ1n) is 29.4. The van der Waals surface area contributed by atoms with Crippen LogP contribution in [0.5, 0.6) is 0 Å². The minimum Gasteiger partial charge on any atom is -0.394 e. The molecular weight excluding hydrogens is 1110 g/mol. The molecule has 0 saturated carbocycles. The second-order valence-electron chi connectivity index (χ2n) is 22.7. The summed E-state index contributed by atoms with van der Waals surface area (Å²) in [4.78, 5) is 65.1. The van der Waals surface area contributed by atoms with Crippen LogP contribution in [0.3, 0.4) is 0 Å². The average Bonchev–Trinajstić information content (AvgIpc) is 3.53. The van der Waals surface area contributed by atoms with Gasteiger partial charge >= 0.3 is 0 Å². The fourth-order valence-electron chi connectivity index (χ4n) is 9.06. The van der Waals surface area contributed by atoms with E-state index in [2.05, 4.69) is 26.6 Å². The molecule has 0 aromatic carbocycles. The molecule has 84 heavy (non-hydrogen) atoms. The van der Waals surface area contributed by atoms with E-state index in [1.807, 2.05) is 20.8 Å². The van der Waals surface area contributed by atoms with Gasteiger partial charge < -0.3 is 120 Å². The van der Waals surface area contributed by atoms with Crippen molar-refractivity contribution >= 4 is 29.5 Å². The van der Waals surface area contributed by atoms with Gasteiger partial charge in [-0.2, -0.15) is 0 Å². The third-order valence-corrected chi connectivity index (χ3v) is 14.3. The van der Waals surface area contributed by atoms with Crippen LogP contribution in [0.25, 0.3) is 0 Å². The van der Waals surface area contributed by atoms with Crippen LogP contribution in [-0.4, -0.2) is 273 Å². The van der Waals surface area contributed by atoms with E-state index in [9.17, 15) is 69.9 Å². The quantitative estimate of drug-likeness (QED) is 0.0262. The molecule has 3 heterocycles. The van der Waals surface area contributed by atoms with E-state index < -0.39 is 123 Å². The molecular formula is C55H101N5O24. The number of ether oxygens (including phenoxy) is 10. The Morgan fingerprint density at radius 3 is 1.01 bits per heavy atom. The molecule has 29 nitrogen and oxygen atoms in total. The molecule has 14 N–H and O–H groups in total. The molecule has 29 heteroatoms. The summed E-state index contributed by atoms with van der Waals surface area (Å²) >= 11 is 0. The Morgan fingerprint density at radius 2 is 0.702 bits per heavy atom. The Morgan fingerprint density at radius 1 is 0.405 bits per heavy atom. The summed E-state index contributed by atoms with van der Waals surface area (Å²) in [6.07, 6.45) is -11.5. The van der Waals surface area contributed by atoms with E-state index in [-0.39, 0.29) is 147 Å². The minimum absolute atomic E-state index is 0.0501. The van der Waals surface area contributed by atoms with Crippen LogP contribution in [0.1, 0.15) is 106 Å². The first-order chi connectivity index (χ1) is 40.0. The van der Waals surface area contributed by atoms with Gasteiger partial charge in [0.05, 0.1) is 103 Å². The van der Waals surface area contributed by atoms with Crippen molar-refractivity contribution in [2.45, 2.75) is 191 Å². The summed E-state index contributed by atoms with van der Waals surface area (Å²) in [7, 11) is 0. The number of hydrogen-bond acceptors (Lipinski definition) is 24. The maximum Gasteiger partial charge on any atom is 0.222 e. The zero-order chi connectivity index (χ0) is 62.2. The van der Waals surface area contributed by atoms with Crippen molar-refractivity contribution in [1.82, 2.24) is 26.6 Å². The lowest BCUT2D eigenvalue weighted by molar-refractivity contribution is -0.282. The lowest BCUT2D eigenvalue weighted by atomic mass is 9.92. The van der Waals surface area contributed by atoms with Crippen LogP contribution in [0.2, 0.25) is 0 Å². The van der Waals surface area contributed by atoms with Crippen LogP contribution in [-0.2, 0) is 71.3 Å². The largest absolute Gasteiger partial charge is 0.394 e. The van der Waals surface area contributed by atoms with E-state index in [0.29, 0.717) is 38.8 Å². The highest BCUT2D eigenvalue weighted by Crippen LogP contribution is 2.29. The summed E-state index contributed by atoms with van der Waals surface area (Å²) in [5, 5.41) is 104. The van der Waals surface area contributed by atoms with Gasteiger partial charge in [0.2, 0.25) is 29.5 Å². The van der Waals surface area contributed by atoms with E-state index >= 15 is 0 Å². The molecule has 15 atom stereocenters. The number of amides is 5. The number of hydrogen-bond donors (Lipinski definition) is 14. The highest BCUT2D eigenvalue weighted by atomic mass is 16.7. The predicted molar refractivity (Wildman–Crippen MR) is 296 cm³/mol. The van der Waals surface area contributed by atoms with Crippen LogP contribution >= 0.6 is 0 Å². The maximum absolute atomic E-state index is 13.7. The molecule has 0 aliphatic carbocycles. The molecule has 0 aromatic heterocycles. The van der Waals surface area contributed by atoms with Crippen molar-refractivity contribution in [2.75, 3.05) is 112 Å². The summed E-state index contributed by atoms with van der Waals surface area (Å²) in [6, 6.07) is 0. The average molecular weight is 1220 g/mol. The monoisotopic (exact) mass is 1220 g/mol. The smallest absolute Gasteiger partial charge is 0.222 e. The first kappa shape index (κ1) is 74.8. The molecule has 0 spiro atoms. The fraction of sp³-hybridized carbons (Fsp3) is 0.909. The van der Waals surface area contributed by atoms with Crippen molar-refractivity contribution in [2.24, 2.45) is 17.8 Å². The lowest BCUT2D eigenvalue weighted by Crippen LogP contribution is -2.58. The highest BCUT2D eigenvalue weighted by molar-refractivity contribution is 5.79. The molecule has 0 bridgehead atoms. The zero-order valence-corrected chi connectivity index (χ0v) is 49.9. The summed E-state index contributed by atoms with van der Waals surface area (Å²) < 4.78 is 57.7. The van der Waals surface area contributed by atoms with Gasteiger partial charge in [-0.15, -0.1) is 0 Å². The third-order valence-electron chi connectivity index (χ3n) is 14.3. The van der Waals surface area contributed by atoms with Gasteiger partial charge in [-0.1, -0.05) is 20.8 Å². The number of aliphatic hydroxyl groups excluding tert-OH is 9. The Labute approximate surface area is 492 Å². The first-order valence-corrected chi connectivity index (χ1v) is 29.4. The fourth-order valence-corrected chi connectivity index (χ4v) is 9.06. The van der Waals surface area contributed by atoms with E-state index in [1.54, 1.807) is 20.8 Å². The van der Waals surface area contributed by atoms with Crippen molar-refractivity contribution in [3.05, 3.63) is 0 Å². The second-order valence-corrected chi connectivity index (χ2v) is 22.7. The molecule has 0 aromatic rings. The molecule has 6 unspecified atom stereocenters. The molecule has 3 rings (SSSR count). The van der Waals surface area contributed by atoms with Crippen molar-refractivity contribution in [1.29, 1.82) is 0 Å². The van der Waals surface area contributed by atoms with Gasteiger partial charge in [0.25, 0.3) is 0 Å². The van der Waals surface area contributed by atoms with Gasteiger partial charge in [-0.3, -0.25) is 24.0 Å². The Hall–Kier alpha value is -3.41. The van der Waals surface area contributed by atoms with Crippen LogP contribution < -0.4 is 26.6 Å². The van der Waals surface area contributed by atoms with E-state index in [4.69, 9.17) is 47.4 Å². The summed E-state index contributed by atoms with van der Waals surface area (Å²) in [6.45, 7) is 9.90. The second kappa shape index (κ2) is 40.2. The Balaban J connectivity index is 1.61. The lowest BCUT2D eigenvalue weighted by Gasteiger charge is -2.40. The number of rotatable bonds is 42. The topological polar surface area (TPSA) is 420 Å². The number of carbonyl (C=O) groups is 5. The summed E-state index contributed by atoms with van der Waals surface area (Å²) in [5.74, 6) is -3.59. The van der Waals surface area contributed by atoms with Crippen LogP contribution in [0.4, 0.5) is 0 Å². The molecule has 5 amide bonds. The Bertz CT molecular complexity index is 1710. The van der Waals surface area contributed by atoms with Gasteiger partial charge in [-0.05, 0) is 52.9 Å². The minimum atomic E-state index is -1.45. The number of nitrogens with one attached hydrogen (secondary N) is 5. The van der Waals surface area contributed by atoms with Gasteiger partial charge in [0.15, 0.2) is 18.9 Å². The van der Waals surface area contributed by atoms with Crippen molar-refractivity contribution in [3.63, 3.8) is 0 Å². The predicted octanol–water partition coefficient (Wildman–Crippen LogP) is -3.65. The number of aliphatic hydroxyl groups is 9. The van der Waals surface area contributed by atoms with Crippen molar-refractivity contribution < 1.29 is 117 Å². The molecule has 3 fully saturated rings. The third kappa shape index (κ3) is 27.7. The van der Waals surface area contributed by atoms with Gasteiger partial charge in [0, 0.05) is 82.6 Å². The SMILES string of the molecule is CC1[C@H](OCCCNC(=O)CCOCC(COCCC(=O)NCCCO[C@@H]2OC(CO)[C@H](O)[C@H](O)C2C)(COCCC(=O)NCCCO[C@@H]2OC(CO)[C@H](O)[C@H](O)C2C)NC(=O)CCCC(=O)NCCCOC(C)(C)C)OC(CO)[C@H](O)[C@@H]1O. The van der Waals surface area contributed by atoms with Gasteiger partial charge in [-0.25, -0.2) is 0 Å². The molecule has 3 aliphatic rings. The van der Waals surface area contributed by atoms with E-state index in [0.717, 1.165) is 0 Å². The molecule has 490 valence electrons. The van der Waals surface area contributed by atoms with E-state index in [1.165, 1.54) is 0 Å². The van der Waals surface area contributed by atoms with Crippen LogP contribution in [0.15, 0.2) is 0 Å². The Kier molecular flexibility index (Phi) is 35.8. The molecule has 3 aliphatic heterocycles. The van der Waals surface area contributed by atoms with Crippen molar-refractivity contribution in [3.8, 4) is 0 Å². The van der Waals surface area contributed by atoms with Crippen LogP contribution in [0, 0.1) is 17.8 Å². The number of carbonyl (C=O) groups excluding carboxylic acids is 5. The molecule has 3 saturated heterocycles. The normalized spacial score (nSPS) is 28.9. The summed E-state index contributed by atoms with van der Waals surface area (Å²) in [5.41, 5.74) is -1.77.